The summed E-state index contributed by atoms with van der Waals surface area (Å²) in [6.07, 6.45) is 4.71. The van der Waals surface area contributed by atoms with Crippen LogP contribution in [0.5, 0.6) is 0 Å². The molecule has 1 aromatic heterocycles. The highest BCUT2D eigenvalue weighted by molar-refractivity contribution is 5.96. The molecule has 0 saturated carbocycles. The molecule has 2 heterocycles. The van der Waals surface area contributed by atoms with Gasteiger partial charge in [0, 0.05) is 25.8 Å². The molecule has 0 N–H and O–H groups in total. The molecule has 16 heavy (non-hydrogen) atoms. The van der Waals surface area contributed by atoms with Crippen molar-refractivity contribution < 1.29 is 13.9 Å². The third-order valence-electron chi connectivity index (χ3n) is 2.89. The largest absolute Gasteiger partial charge is 0.381 e. The summed E-state index contributed by atoms with van der Waals surface area (Å²) in [4.78, 5) is 15.5. The van der Waals surface area contributed by atoms with Crippen LogP contribution < -0.4 is 0 Å². The van der Waals surface area contributed by atoms with Gasteiger partial charge in [0.05, 0.1) is 11.8 Å². The summed E-state index contributed by atoms with van der Waals surface area (Å²) < 4.78 is 18.5. The summed E-state index contributed by atoms with van der Waals surface area (Å²) in [5.41, 5.74) is 0.154. The van der Waals surface area contributed by atoms with E-state index in [1.165, 1.54) is 12.3 Å². The molecule has 0 radical (unpaired) electrons. The van der Waals surface area contributed by atoms with E-state index in [0.717, 1.165) is 19.0 Å². The molecule has 0 atom stereocenters. The van der Waals surface area contributed by atoms with Gasteiger partial charge < -0.3 is 4.74 Å². The first kappa shape index (κ1) is 11.2. The van der Waals surface area contributed by atoms with Gasteiger partial charge >= 0.3 is 0 Å². The van der Waals surface area contributed by atoms with E-state index < -0.39 is 5.82 Å². The van der Waals surface area contributed by atoms with Crippen molar-refractivity contribution in [2.45, 2.75) is 19.3 Å². The normalized spacial score (nSPS) is 17.3. The lowest BCUT2D eigenvalue weighted by molar-refractivity contribution is 0.0600. The van der Waals surface area contributed by atoms with Crippen LogP contribution in [0.1, 0.15) is 29.6 Å². The van der Waals surface area contributed by atoms with Gasteiger partial charge in [-0.3, -0.25) is 9.78 Å². The number of aromatic nitrogens is 1. The molecule has 1 saturated heterocycles. The zero-order chi connectivity index (χ0) is 11.4. The van der Waals surface area contributed by atoms with Crippen LogP contribution in [-0.2, 0) is 4.74 Å². The molecule has 0 bridgehead atoms. The molecule has 0 aromatic carbocycles. The minimum atomic E-state index is -0.528. The Morgan fingerprint density at radius 1 is 1.50 bits per heavy atom. The number of hydrogen-bond acceptors (Lipinski definition) is 3. The van der Waals surface area contributed by atoms with Gasteiger partial charge in [0.15, 0.2) is 11.6 Å². The lowest BCUT2D eigenvalue weighted by atomic mass is 9.92. The van der Waals surface area contributed by atoms with Gasteiger partial charge in [-0.1, -0.05) is 0 Å². The summed E-state index contributed by atoms with van der Waals surface area (Å²) in [7, 11) is 0. The van der Waals surface area contributed by atoms with E-state index in [1.807, 2.05) is 0 Å². The summed E-state index contributed by atoms with van der Waals surface area (Å²) in [5.74, 6) is -0.333. The topological polar surface area (TPSA) is 39.2 Å². The number of hydrogen-bond donors (Lipinski definition) is 0. The maximum atomic E-state index is 13.3. The average molecular weight is 223 g/mol. The number of ether oxygens (including phenoxy) is 1. The molecule has 4 heteroatoms. The van der Waals surface area contributed by atoms with Crippen LogP contribution in [0.2, 0.25) is 0 Å². The van der Waals surface area contributed by atoms with Crippen LogP contribution in [0.15, 0.2) is 18.5 Å². The predicted molar refractivity (Wildman–Crippen MR) is 56.7 cm³/mol. The molecule has 0 amide bonds. The molecular formula is C12H14FNO2. The molecule has 1 aliphatic rings. The molecule has 1 aromatic rings. The molecule has 3 nitrogen and oxygen atoms in total. The van der Waals surface area contributed by atoms with Gasteiger partial charge in [-0.25, -0.2) is 4.39 Å². The second kappa shape index (κ2) is 5.16. The quantitative estimate of drug-likeness (QED) is 0.737. The van der Waals surface area contributed by atoms with E-state index in [9.17, 15) is 9.18 Å². The van der Waals surface area contributed by atoms with Crippen LogP contribution in [0.4, 0.5) is 4.39 Å². The molecule has 1 aliphatic heterocycles. The van der Waals surface area contributed by atoms with Crippen molar-refractivity contribution >= 4 is 5.78 Å². The van der Waals surface area contributed by atoms with Crippen molar-refractivity contribution in [1.29, 1.82) is 0 Å². The Balaban J connectivity index is 2.00. The lowest BCUT2D eigenvalue weighted by Gasteiger charge is -2.21. The van der Waals surface area contributed by atoms with E-state index in [-0.39, 0.29) is 11.3 Å². The number of rotatable bonds is 3. The fraction of sp³-hybridized carbons (Fsp3) is 0.500. The highest BCUT2D eigenvalue weighted by atomic mass is 19.1. The summed E-state index contributed by atoms with van der Waals surface area (Å²) >= 11 is 0. The van der Waals surface area contributed by atoms with Crippen molar-refractivity contribution in [3.8, 4) is 0 Å². The van der Waals surface area contributed by atoms with Crippen LogP contribution in [0.3, 0.4) is 0 Å². The highest BCUT2D eigenvalue weighted by Crippen LogP contribution is 2.21. The third-order valence-corrected chi connectivity index (χ3v) is 2.89. The first-order chi connectivity index (χ1) is 7.77. The Morgan fingerprint density at radius 3 is 2.94 bits per heavy atom. The van der Waals surface area contributed by atoms with E-state index >= 15 is 0 Å². The predicted octanol–water partition coefficient (Wildman–Crippen LogP) is 2.22. The maximum Gasteiger partial charge on any atom is 0.166 e. The van der Waals surface area contributed by atoms with Gasteiger partial charge in [0.1, 0.15) is 0 Å². The summed E-state index contributed by atoms with van der Waals surface area (Å²) in [6, 6.07) is 1.44. The van der Waals surface area contributed by atoms with Crippen molar-refractivity contribution in [2.75, 3.05) is 13.2 Å². The first-order valence-corrected chi connectivity index (χ1v) is 5.48. The molecule has 0 aliphatic carbocycles. The first-order valence-electron chi connectivity index (χ1n) is 5.48. The van der Waals surface area contributed by atoms with E-state index in [4.69, 9.17) is 4.74 Å². The summed E-state index contributed by atoms with van der Waals surface area (Å²) in [6.45, 7) is 1.41. The zero-order valence-corrected chi connectivity index (χ0v) is 8.99. The standard InChI is InChI=1S/C12H14FNO2/c13-11-8-14-4-1-10(11)12(15)7-9-2-5-16-6-3-9/h1,4,8-9H,2-3,5-7H2. The molecule has 86 valence electrons. The summed E-state index contributed by atoms with van der Waals surface area (Å²) in [5, 5.41) is 0. The fourth-order valence-corrected chi connectivity index (χ4v) is 1.92. The second-order valence-corrected chi connectivity index (χ2v) is 4.04. The van der Waals surface area contributed by atoms with E-state index in [0.29, 0.717) is 25.6 Å². The molecule has 2 rings (SSSR count). The fourth-order valence-electron chi connectivity index (χ4n) is 1.92. The number of carbonyl (C=O) groups is 1. The zero-order valence-electron chi connectivity index (χ0n) is 8.99. The Morgan fingerprint density at radius 2 is 2.25 bits per heavy atom. The smallest absolute Gasteiger partial charge is 0.166 e. The molecule has 0 unspecified atom stereocenters. The number of pyridine rings is 1. The maximum absolute atomic E-state index is 13.3. The minimum Gasteiger partial charge on any atom is -0.381 e. The average Bonchev–Trinajstić information content (AvgIpc) is 2.31. The third kappa shape index (κ3) is 2.64. The van der Waals surface area contributed by atoms with E-state index in [2.05, 4.69) is 4.98 Å². The Kier molecular flexibility index (Phi) is 3.62. The number of carbonyl (C=O) groups excluding carboxylic acids is 1. The lowest BCUT2D eigenvalue weighted by Crippen LogP contribution is -2.19. The highest BCUT2D eigenvalue weighted by Gasteiger charge is 2.20. The minimum absolute atomic E-state index is 0.133. The number of nitrogens with zero attached hydrogens (tertiary/aromatic N) is 1. The van der Waals surface area contributed by atoms with Gasteiger partial charge in [-0.2, -0.15) is 0 Å². The van der Waals surface area contributed by atoms with Crippen molar-refractivity contribution in [1.82, 2.24) is 4.98 Å². The van der Waals surface area contributed by atoms with Crippen LogP contribution in [0, 0.1) is 11.7 Å². The molecule has 1 fully saturated rings. The van der Waals surface area contributed by atoms with Crippen molar-refractivity contribution in [3.63, 3.8) is 0 Å². The van der Waals surface area contributed by atoms with Crippen LogP contribution >= 0.6 is 0 Å². The number of halogens is 1. The van der Waals surface area contributed by atoms with Crippen molar-refractivity contribution in [2.24, 2.45) is 5.92 Å². The van der Waals surface area contributed by atoms with Gasteiger partial charge in [0.25, 0.3) is 0 Å². The Labute approximate surface area is 93.6 Å². The van der Waals surface area contributed by atoms with Gasteiger partial charge in [-0.15, -0.1) is 0 Å². The monoisotopic (exact) mass is 223 g/mol. The van der Waals surface area contributed by atoms with Crippen molar-refractivity contribution in [3.05, 3.63) is 29.8 Å². The van der Waals surface area contributed by atoms with Gasteiger partial charge in [0.2, 0.25) is 0 Å². The Bertz CT molecular complexity index is 375. The van der Waals surface area contributed by atoms with Crippen LogP contribution in [0.25, 0.3) is 0 Å². The van der Waals surface area contributed by atoms with E-state index in [1.54, 1.807) is 0 Å². The van der Waals surface area contributed by atoms with Gasteiger partial charge in [-0.05, 0) is 24.8 Å². The Hall–Kier alpha value is -1.29. The second-order valence-electron chi connectivity index (χ2n) is 4.04. The number of ketones is 1. The van der Waals surface area contributed by atoms with Crippen LogP contribution in [-0.4, -0.2) is 24.0 Å². The SMILES string of the molecule is O=C(CC1CCOCC1)c1ccncc1F. The molecule has 0 spiro atoms. The molecular weight excluding hydrogens is 209 g/mol. The number of Topliss-reactive ketones (excluding diaryl/α,β-unsaturated/α-hetero) is 1.